The van der Waals surface area contributed by atoms with Crippen LogP contribution in [0.5, 0.6) is 0 Å². The Bertz CT molecular complexity index is 1720. The first-order valence-electron chi connectivity index (χ1n) is 12.1. The summed E-state index contributed by atoms with van der Waals surface area (Å²) in [4.78, 5) is 33.3. The number of hydrogen-bond acceptors (Lipinski definition) is 8. The smallest absolute Gasteiger partial charge is 0.352 e. The highest BCUT2D eigenvalue weighted by Gasteiger charge is 2.20. The number of aromatic nitrogens is 6. The Morgan fingerprint density at radius 3 is 2.59 bits per heavy atom. The summed E-state index contributed by atoms with van der Waals surface area (Å²) < 4.78 is 1.57. The molecule has 3 heterocycles. The molecule has 39 heavy (non-hydrogen) atoms. The van der Waals surface area contributed by atoms with Gasteiger partial charge in [-0.05, 0) is 85.2 Å². The zero-order chi connectivity index (χ0) is 27.7. The number of aryl methyl sites for hydroxylation is 4. The molecule has 198 valence electrons. The van der Waals surface area contributed by atoms with Crippen LogP contribution in [0, 0.1) is 27.7 Å². The van der Waals surface area contributed by atoms with Gasteiger partial charge in [0.25, 0.3) is 5.91 Å². The second-order valence-corrected chi connectivity index (χ2v) is 10.3. The lowest BCUT2D eigenvalue weighted by atomic mass is 10.0. The molecule has 0 unspecified atom stereocenters. The quantitative estimate of drug-likeness (QED) is 0.212. The highest BCUT2D eigenvalue weighted by atomic mass is 32.1. The molecule has 0 saturated carbocycles. The maximum atomic E-state index is 13.2. The van der Waals surface area contributed by atoms with E-state index in [0.29, 0.717) is 45.4 Å². The molecule has 0 aliphatic heterocycles. The van der Waals surface area contributed by atoms with Gasteiger partial charge in [0.15, 0.2) is 0 Å². The van der Waals surface area contributed by atoms with Crippen LogP contribution in [0.4, 0.5) is 5.95 Å². The van der Waals surface area contributed by atoms with E-state index >= 15 is 0 Å². The van der Waals surface area contributed by atoms with Crippen molar-refractivity contribution in [1.29, 1.82) is 0 Å². The van der Waals surface area contributed by atoms with Gasteiger partial charge in [-0.1, -0.05) is 17.2 Å². The number of carboxylic acids is 1. The van der Waals surface area contributed by atoms with Crippen LogP contribution in [-0.2, 0) is 11.3 Å². The number of fused-ring (bicyclic) bond motifs is 1. The van der Waals surface area contributed by atoms with Crippen LogP contribution >= 0.6 is 11.3 Å². The number of amides is 1. The number of carbonyl (C=O) groups is 2. The molecule has 5 rings (SSSR count). The fourth-order valence-corrected chi connectivity index (χ4v) is 5.39. The van der Waals surface area contributed by atoms with E-state index in [-0.39, 0.29) is 5.70 Å². The van der Waals surface area contributed by atoms with Crippen LogP contribution in [-0.4, -0.2) is 47.2 Å². The van der Waals surface area contributed by atoms with Crippen LogP contribution in [0.15, 0.2) is 48.3 Å². The Hall–Kier alpha value is -4.84. The molecular formula is C27H26N8O3S. The van der Waals surface area contributed by atoms with E-state index in [9.17, 15) is 14.7 Å². The van der Waals surface area contributed by atoms with Gasteiger partial charge in [-0.3, -0.25) is 4.79 Å². The molecule has 0 fully saturated rings. The third-order valence-electron chi connectivity index (χ3n) is 6.27. The van der Waals surface area contributed by atoms with Crippen molar-refractivity contribution in [3.63, 3.8) is 0 Å². The van der Waals surface area contributed by atoms with Gasteiger partial charge in [0, 0.05) is 29.2 Å². The number of carboxylic acid groups (broad SMARTS) is 1. The number of nitrogens with one attached hydrogen (secondary N) is 3. The molecule has 2 aromatic carbocycles. The first-order valence-corrected chi connectivity index (χ1v) is 12.9. The van der Waals surface area contributed by atoms with E-state index in [1.807, 2.05) is 37.4 Å². The van der Waals surface area contributed by atoms with Crippen LogP contribution < -0.4 is 10.6 Å². The molecule has 0 bridgehead atoms. The molecule has 1 amide bonds. The summed E-state index contributed by atoms with van der Waals surface area (Å²) in [6, 6.07) is 11.6. The topological polar surface area (TPSA) is 151 Å². The predicted octanol–water partition coefficient (Wildman–Crippen LogP) is 4.30. The summed E-state index contributed by atoms with van der Waals surface area (Å²) >= 11 is 1.36. The molecular weight excluding hydrogens is 516 g/mol. The molecule has 0 aliphatic rings. The molecule has 0 aliphatic carbocycles. The van der Waals surface area contributed by atoms with Crippen molar-refractivity contribution in [3.05, 3.63) is 86.1 Å². The first kappa shape index (κ1) is 25.8. The number of aromatic amines is 1. The van der Waals surface area contributed by atoms with E-state index in [1.54, 1.807) is 37.6 Å². The lowest BCUT2D eigenvalue weighted by molar-refractivity contribution is -0.132. The maximum Gasteiger partial charge on any atom is 0.352 e. The average Bonchev–Trinajstić information content (AvgIpc) is 3.62. The third-order valence-corrected chi connectivity index (χ3v) is 7.29. The van der Waals surface area contributed by atoms with Gasteiger partial charge in [-0.2, -0.15) is 4.68 Å². The van der Waals surface area contributed by atoms with Gasteiger partial charge in [0.1, 0.15) is 5.70 Å². The van der Waals surface area contributed by atoms with Gasteiger partial charge in [-0.25, -0.2) is 9.78 Å². The van der Waals surface area contributed by atoms with Crippen molar-refractivity contribution in [2.24, 2.45) is 0 Å². The van der Waals surface area contributed by atoms with Gasteiger partial charge < -0.3 is 20.7 Å². The first-order chi connectivity index (χ1) is 18.7. The number of H-pyrrole nitrogens is 1. The molecule has 0 saturated heterocycles. The van der Waals surface area contributed by atoms with E-state index < -0.39 is 11.9 Å². The van der Waals surface area contributed by atoms with Gasteiger partial charge in [0.05, 0.1) is 21.3 Å². The molecule has 0 radical (unpaired) electrons. The second-order valence-electron chi connectivity index (χ2n) is 9.08. The number of carbonyl (C=O) groups excluding carboxylic acids is 1. The summed E-state index contributed by atoms with van der Waals surface area (Å²) in [5, 5.41) is 29.6. The van der Waals surface area contributed by atoms with Crippen LogP contribution in [0.3, 0.4) is 0 Å². The van der Waals surface area contributed by atoms with Crippen molar-refractivity contribution in [1.82, 2.24) is 35.5 Å². The van der Waals surface area contributed by atoms with Gasteiger partial charge >= 0.3 is 5.97 Å². The minimum Gasteiger partial charge on any atom is -0.477 e. The second kappa shape index (κ2) is 10.5. The fraction of sp³-hybridized carbons (Fsp3) is 0.185. The number of hydrogen-bond donors (Lipinski definition) is 4. The van der Waals surface area contributed by atoms with Gasteiger partial charge in [-0.15, -0.1) is 11.3 Å². The molecule has 11 nitrogen and oxygen atoms in total. The zero-order valence-electron chi connectivity index (χ0n) is 21.7. The van der Waals surface area contributed by atoms with Crippen molar-refractivity contribution in [2.45, 2.75) is 34.2 Å². The number of anilines is 1. The molecule has 5 aromatic rings. The summed E-state index contributed by atoms with van der Waals surface area (Å²) in [6.07, 6.45) is 3.34. The number of nitrogens with zero attached hydrogens (tertiary/aromatic N) is 5. The molecule has 0 spiro atoms. The predicted molar refractivity (Wildman–Crippen MR) is 149 cm³/mol. The fourth-order valence-electron chi connectivity index (χ4n) is 4.52. The van der Waals surface area contributed by atoms with Crippen LogP contribution in [0.25, 0.3) is 22.7 Å². The molecule has 0 atom stereocenters. The summed E-state index contributed by atoms with van der Waals surface area (Å²) in [6.45, 7) is 7.73. The Morgan fingerprint density at radius 2 is 1.90 bits per heavy atom. The zero-order valence-corrected chi connectivity index (χ0v) is 22.6. The normalized spacial score (nSPS) is 11.6. The summed E-state index contributed by atoms with van der Waals surface area (Å²) in [5.74, 6) is -1.30. The van der Waals surface area contributed by atoms with Crippen molar-refractivity contribution in [2.75, 3.05) is 5.32 Å². The largest absolute Gasteiger partial charge is 0.477 e. The number of rotatable bonds is 8. The molecule has 3 aromatic heterocycles. The third kappa shape index (κ3) is 5.27. The van der Waals surface area contributed by atoms with Gasteiger partial charge in [0.2, 0.25) is 5.95 Å². The number of tetrazole rings is 1. The SMILES string of the molecule is Cc1nc(C)c(C=C(NC(=O)c2c(C)cc(-n3nnnc3NCc3cccc4[nH]ccc34)cc2C)C(=O)O)s1. The Labute approximate surface area is 227 Å². The molecule has 12 heteroatoms. The van der Waals surface area contributed by atoms with Crippen LogP contribution in [0.2, 0.25) is 0 Å². The molecule has 4 N–H and O–H groups in total. The summed E-state index contributed by atoms with van der Waals surface area (Å²) in [7, 11) is 0. The van der Waals surface area contributed by atoms with Crippen molar-refractivity contribution < 1.29 is 14.7 Å². The minimum absolute atomic E-state index is 0.223. The highest BCUT2D eigenvalue weighted by Crippen LogP contribution is 2.24. The van der Waals surface area contributed by atoms with E-state index in [1.165, 1.54) is 17.4 Å². The minimum atomic E-state index is -1.24. The summed E-state index contributed by atoms with van der Waals surface area (Å²) in [5.41, 5.74) is 4.97. The Kier molecular flexibility index (Phi) is 6.94. The van der Waals surface area contributed by atoms with Crippen LogP contribution in [0.1, 0.15) is 42.6 Å². The Balaban J connectivity index is 1.38. The number of benzene rings is 2. The highest BCUT2D eigenvalue weighted by molar-refractivity contribution is 7.12. The van der Waals surface area contributed by atoms with E-state index in [4.69, 9.17) is 0 Å². The van der Waals surface area contributed by atoms with E-state index in [0.717, 1.165) is 21.5 Å². The van der Waals surface area contributed by atoms with Crippen molar-refractivity contribution in [3.8, 4) is 5.69 Å². The Morgan fingerprint density at radius 1 is 1.13 bits per heavy atom. The van der Waals surface area contributed by atoms with Crippen molar-refractivity contribution >= 4 is 46.1 Å². The van der Waals surface area contributed by atoms with E-state index in [2.05, 4.69) is 36.1 Å². The average molecular weight is 543 g/mol. The standard InChI is InChI=1S/C27H26N8O3S/c1-14-10-19(35-27(32-33-34-35)29-13-18-6-5-7-21-20(18)8-9-28-21)11-15(2)24(14)25(36)31-22(26(37)38)12-23-16(3)30-17(4)39-23/h5-12,28H,13H2,1-4H3,(H,31,36)(H,37,38)(H,29,32,34). The lowest BCUT2D eigenvalue weighted by Crippen LogP contribution is -2.28. The monoisotopic (exact) mass is 542 g/mol. The maximum absolute atomic E-state index is 13.2. The number of thiazole rings is 1. The number of aliphatic carboxylic acids is 1. The lowest BCUT2D eigenvalue weighted by Gasteiger charge is -2.14.